The van der Waals surface area contributed by atoms with E-state index in [0.717, 1.165) is 17.9 Å². The molecule has 1 aliphatic carbocycles. The highest BCUT2D eigenvalue weighted by molar-refractivity contribution is 5.89. The van der Waals surface area contributed by atoms with Crippen LogP contribution in [0.3, 0.4) is 0 Å². The van der Waals surface area contributed by atoms with Gasteiger partial charge >= 0.3 is 0 Å². The lowest BCUT2D eigenvalue weighted by molar-refractivity contribution is -0.134. The minimum Gasteiger partial charge on any atom is -0.497 e. The largest absolute Gasteiger partial charge is 0.497 e. The number of carbonyl (C=O) groups is 2. The second kappa shape index (κ2) is 6.60. The van der Waals surface area contributed by atoms with Crippen LogP contribution >= 0.6 is 0 Å². The van der Waals surface area contributed by atoms with Crippen LogP contribution in [0.5, 0.6) is 5.75 Å². The summed E-state index contributed by atoms with van der Waals surface area (Å²) in [5.41, 5.74) is 1.05. The van der Waals surface area contributed by atoms with Gasteiger partial charge in [-0.15, -0.1) is 0 Å². The fraction of sp³-hybridized carbons (Fsp3) is 0.556. The van der Waals surface area contributed by atoms with Crippen molar-refractivity contribution in [2.75, 3.05) is 27.2 Å². The van der Waals surface area contributed by atoms with Crippen LogP contribution in [0.15, 0.2) is 24.3 Å². The molecule has 0 aromatic heterocycles. The molecule has 5 nitrogen and oxygen atoms in total. The summed E-state index contributed by atoms with van der Waals surface area (Å²) in [5, 5.41) is 0. The Morgan fingerprint density at radius 2 is 2.00 bits per heavy atom. The smallest absolute Gasteiger partial charge is 0.227 e. The Bertz CT molecular complexity index is 580. The van der Waals surface area contributed by atoms with E-state index in [4.69, 9.17) is 4.74 Å². The molecule has 2 aliphatic rings. The molecule has 1 atom stereocenters. The molecule has 1 heterocycles. The first-order valence-electron chi connectivity index (χ1n) is 8.22. The highest BCUT2D eigenvalue weighted by atomic mass is 16.5. The van der Waals surface area contributed by atoms with Gasteiger partial charge < -0.3 is 14.5 Å². The van der Waals surface area contributed by atoms with Crippen LogP contribution in [0.25, 0.3) is 0 Å². The van der Waals surface area contributed by atoms with E-state index in [1.807, 2.05) is 36.2 Å². The number of ether oxygens (including phenoxy) is 1. The van der Waals surface area contributed by atoms with E-state index in [1.54, 1.807) is 12.0 Å². The van der Waals surface area contributed by atoms with Crippen LogP contribution in [-0.2, 0) is 16.1 Å². The van der Waals surface area contributed by atoms with Crippen molar-refractivity contribution in [1.29, 1.82) is 0 Å². The summed E-state index contributed by atoms with van der Waals surface area (Å²) in [7, 11) is 3.49. The number of carbonyl (C=O) groups excluding carboxylic acids is 2. The van der Waals surface area contributed by atoms with Gasteiger partial charge in [-0.25, -0.2) is 0 Å². The third kappa shape index (κ3) is 3.84. The second-order valence-electron chi connectivity index (χ2n) is 6.69. The van der Waals surface area contributed by atoms with E-state index in [2.05, 4.69) is 0 Å². The molecular formula is C18H24N2O3. The first kappa shape index (κ1) is 15.8. The maximum atomic E-state index is 12.5. The summed E-state index contributed by atoms with van der Waals surface area (Å²) in [6, 6.07) is 7.70. The minimum absolute atomic E-state index is 0.0685. The van der Waals surface area contributed by atoms with Crippen LogP contribution < -0.4 is 4.74 Å². The van der Waals surface area contributed by atoms with Crippen molar-refractivity contribution in [3.63, 3.8) is 0 Å². The van der Waals surface area contributed by atoms with Crippen molar-refractivity contribution in [2.24, 2.45) is 11.8 Å². The molecule has 5 heteroatoms. The quantitative estimate of drug-likeness (QED) is 0.805. The average molecular weight is 316 g/mol. The number of amides is 2. The fourth-order valence-corrected chi connectivity index (χ4v) is 3.13. The van der Waals surface area contributed by atoms with Crippen LogP contribution in [-0.4, -0.2) is 48.9 Å². The standard InChI is InChI=1S/C18H24N2O3/c1-19(10-13-3-4-13)18(22)15-9-17(21)20(12-15)11-14-5-7-16(23-2)8-6-14/h5-8,13,15H,3-4,9-12H2,1-2H3. The number of methoxy groups -OCH3 is 1. The van der Waals surface area contributed by atoms with Gasteiger partial charge in [-0.3, -0.25) is 9.59 Å². The summed E-state index contributed by atoms with van der Waals surface area (Å²) in [5.74, 6) is 1.47. The van der Waals surface area contributed by atoms with Gasteiger partial charge in [0.05, 0.1) is 13.0 Å². The summed E-state index contributed by atoms with van der Waals surface area (Å²) < 4.78 is 5.14. The van der Waals surface area contributed by atoms with Crippen LogP contribution in [0.1, 0.15) is 24.8 Å². The van der Waals surface area contributed by atoms with Gasteiger partial charge in [0.2, 0.25) is 11.8 Å². The first-order chi connectivity index (χ1) is 11.1. The maximum Gasteiger partial charge on any atom is 0.227 e. The van der Waals surface area contributed by atoms with Crippen molar-refractivity contribution in [2.45, 2.75) is 25.8 Å². The SMILES string of the molecule is COc1ccc(CN2CC(C(=O)N(C)CC3CC3)CC2=O)cc1. The van der Waals surface area contributed by atoms with Crippen LogP contribution in [0.4, 0.5) is 0 Å². The Morgan fingerprint density at radius 3 is 2.61 bits per heavy atom. The van der Waals surface area contributed by atoms with Crippen LogP contribution in [0, 0.1) is 11.8 Å². The highest BCUT2D eigenvalue weighted by Crippen LogP contribution is 2.30. The molecule has 1 aromatic carbocycles. The molecule has 0 spiro atoms. The number of hydrogen-bond donors (Lipinski definition) is 0. The molecule has 3 rings (SSSR count). The van der Waals surface area contributed by atoms with Gasteiger partial charge in [0.25, 0.3) is 0 Å². The third-order valence-electron chi connectivity index (χ3n) is 4.70. The molecule has 2 fully saturated rings. The topological polar surface area (TPSA) is 49.9 Å². The molecule has 0 N–H and O–H groups in total. The minimum atomic E-state index is -0.190. The number of nitrogens with zero attached hydrogens (tertiary/aromatic N) is 2. The average Bonchev–Trinajstić information content (AvgIpc) is 3.30. The molecular weight excluding hydrogens is 292 g/mol. The molecule has 0 bridgehead atoms. The summed E-state index contributed by atoms with van der Waals surface area (Å²) in [6.45, 7) is 1.92. The van der Waals surface area contributed by atoms with Crippen molar-refractivity contribution in [1.82, 2.24) is 9.80 Å². The Kier molecular flexibility index (Phi) is 4.55. The predicted octanol–water partition coefficient (Wildman–Crippen LogP) is 1.91. The highest BCUT2D eigenvalue weighted by Gasteiger charge is 2.36. The van der Waals surface area contributed by atoms with Crippen molar-refractivity contribution in [3.8, 4) is 5.75 Å². The lowest BCUT2D eigenvalue weighted by Gasteiger charge is -2.21. The Hall–Kier alpha value is -2.04. The van der Waals surface area contributed by atoms with Gasteiger partial charge in [0.1, 0.15) is 5.75 Å². The summed E-state index contributed by atoms with van der Waals surface area (Å²) in [6.07, 6.45) is 2.79. The molecule has 2 amide bonds. The van der Waals surface area contributed by atoms with Gasteiger partial charge in [0, 0.05) is 33.1 Å². The van der Waals surface area contributed by atoms with E-state index < -0.39 is 0 Å². The van der Waals surface area contributed by atoms with Gasteiger partial charge in [-0.05, 0) is 36.5 Å². The van der Waals surface area contributed by atoms with Crippen LogP contribution in [0.2, 0.25) is 0 Å². The molecule has 1 saturated heterocycles. The van der Waals surface area contributed by atoms with E-state index in [9.17, 15) is 9.59 Å². The molecule has 23 heavy (non-hydrogen) atoms. The lowest BCUT2D eigenvalue weighted by Crippen LogP contribution is -2.35. The Labute approximate surface area is 137 Å². The van der Waals surface area contributed by atoms with E-state index in [0.29, 0.717) is 25.4 Å². The zero-order valence-electron chi connectivity index (χ0n) is 13.8. The first-order valence-corrected chi connectivity index (χ1v) is 8.22. The van der Waals surface area contributed by atoms with E-state index in [-0.39, 0.29) is 17.7 Å². The molecule has 1 saturated carbocycles. The number of hydrogen-bond acceptors (Lipinski definition) is 3. The number of rotatable bonds is 6. The maximum absolute atomic E-state index is 12.5. The summed E-state index contributed by atoms with van der Waals surface area (Å²) >= 11 is 0. The van der Waals surface area contributed by atoms with Gasteiger partial charge in [-0.1, -0.05) is 12.1 Å². The molecule has 0 radical (unpaired) electrons. The fourth-order valence-electron chi connectivity index (χ4n) is 3.13. The zero-order chi connectivity index (χ0) is 16.4. The monoisotopic (exact) mass is 316 g/mol. The zero-order valence-corrected chi connectivity index (χ0v) is 13.8. The van der Waals surface area contributed by atoms with E-state index in [1.165, 1.54) is 12.8 Å². The molecule has 1 unspecified atom stereocenters. The number of likely N-dealkylation sites (tertiary alicyclic amines) is 1. The normalized spacial score (nSPS) is 20.7. The molecule has 1 aromatic rings. The molecule has 124 valence electrons. The predicted molar refractivity (Wildman–Crippen MR) is 86.9 cm³/mol. The Balaban J connectivity index is 1.56. The van der Waals surface area contributed by atoms with Crippen molar-refractivity contribution < 1.29 is 14.3 Å². The Morgan fingerprint density at radius 1 is 1.30 bits per heavy atom. The van der Waals surface area contributed by atoms with Gasteiger partial charge in [0.15, 0.2) is 0 Å². The second-order valence-corrected chi connectivity index (χ2v) is 6.69. The van der Waals surface area contributed by atoms with Crippen molar-refractivity contribution in [3.05, 3.63) is 29.8 Å². The third-order valence-corrected chi connectivity index (χ3v) is 4.70. The molecule has 1 aliphatic heterocycles. The lowest BCUT2D eigenvalue weighted by atomic mass is 10.1. The van der Waals surface area contributed by atoms with Crippen molar-refractivity contribution >= 4 is 11.8 Å². The number of benzene rings is 1. The van der Waals surface area contributed by atoms with Gasteiger partial charge in [-0.2, -0.15) is 0 Å². The van der Waals surface area contributed by atoms with E-state index >= 15 is 0 Å². The summed E-state index contributed by atoms with van der Waals surface area (Å²) in [4.78, 5) is 28.3.